The predicted octanol–water partition coefficient (Wildman–Crippen LogP) is 0.465. The molecule has 1 aromatic heterocycles. The summed E-state index contributed by atoms with van der Waals surface area (Å²) in [6.07, 6.45) is 3.66. The molecule has 1 aliphatic rings. The second kappa shape index (κ2) is 5.41. The monoisotopic (exact) mass is 224 g/mol. The summed E-state index contributed by atoms with van der Waals surface area (Å²) in [6.45, 7) is 4.66. The molecule has 16 heavy (non-hydrogen) atoms. The standard InChI is InChI=1S/C11H20N4O/c1-3-15-11(13-8-14-15)6-9-7-16-5-4-10(9)12-2/h8-10,12H,3-7H2,1-2H3. The van der Waals surface area contributed by atoms with Crippen molar-refractivity contribution < 1.29 is 4.74 Å². The summed E-state index contributed by atoms with van der Waals surface area (Å²) in [6, 6.07) is 0.538. The van der Waals surface area contributed by atoms with Gasteiger partial charge in [-0.1, -0.05) is 0 Å². The Morgan fingerprint density at radius 2 is 2.50 bits per heavy atom. The molecule has 2 unspecified atom stereocenters. The third-order valence-corrected chi connectivity index (χ3v) is 3.28. The van der Waals surface area contributed by atoms with Crippen LogP contribution in [0.3, 0.4) is 0 Å². The molecular formula is C11H20N4O. The van der Waals surface area contributed by atoms with Crippen LogP contribution in [0.5, 0.6) is 0 Å². The van der Waals surface area contributed by atoms with Crippen LogP contribution < -0.4 is 5.32 Å². The van der Waals surface area contributed by atoms with Gasteiger partial charge in [-0.05, 0) is 20.4 Å². The molecule has 5 nitrogen and oxygen atoms in total. The highest BCUT2D eigenvalue weighted by Gasteiger charge is 2.25. The molecule has 0 radical (unpaired) electrons. The zero-order valence-corrected chi connectivity index (χ0v) is 10.0. The Morgan fingerprint density at radius 1 is 1.62 bits per heavy atom. The van der Waals surface area contributed by atoms with Crippen molar-refractivity contribution >= 4 is 0 Å². The SMILES string of the molecule is CCn1ncnc1CC1COCCC1NC. The lowest BCUT2D eigenvalue weighted by molar-refractivity contribution is 0.0331. The molecule has 0 saturated carbocycles. The van der Waals surface area contributed by atoms with Crippen LogP contribution in [0.25, 0.3) is 0 Å². The first-order valence-electron chi connectivity index (χ1n) is 5.96. The number of nitrogens with one attached hydrogen (secondary N) is 1. The van der Waals surface area contributed by atoms with Gasteiger partial charge >= 0.3 is 0 Å². The first-order chi connectivity index (χ1) is 7.85. The van der Waals surface area contributed by atoms with Gasteiger partial charge in [0.05, 0.1) is 6.61 Å². The summed E-state index contributed by atoms with van der Waals surface area (Å²) < 4.78 is 7.50. The van der Waals surface area contributed by atoms with E-state index >= 15 is 0 Å². The van der Waals surface area contributed by atoms with E-state index in [9.17, 15) is 0 Å². The molecule has 1 N–H and O–H groups in total. The van der Waals surface area contributed by atoms with Gasteiger partial charge in [0.25, 0.3) is 0 Å². The van der Waals surface area contributed by atoms with E-state index in [1.54, 1.807) is 6.33 Å². The third kappa shape index (κ3) is 2.41. The van der Waals surface area contributed by atoms with Crippen LogP contribution in [-0.2, 0) is 17.7 Å². The second-order valence-electron chi connectivity index (χ2n) is 4.21. The van der Waals surface area contributed by atoms with Crippen LogP contribution in [0.4, 0.5) is 0 Å². The van der Waals surface area contributed by atoms with Gasteiger partial charge in [0.15, 0.2) is 0 Å². The third-order valence-electron chi connectivity index (χ3n) is 3.28. The molecule has 0 amide bonds. The Labute approximate surface area is 96.2 Å². The highest BCUT2D eigenvalue weighted by atomic mass is 16.5. The van der Waals surface area contributed by atoms with E-state index in [0.717, 1.165) is 38.4 Å². The summed E-state index contributed by atoms with van der Waals surface area (Å²) in [5.41, 5.74) is 0. The second-order valence-corrected chi connectivity index (χ2v) is 4.21. The fraction of sp³-hybridized carbons (Fsp3) is 0.818. The Bertz CT molecular complexity index is 326. The van der Waals surface area contributed by atoms with E-state index in [1.807, 2.05) is 11.7 Å². The molecule has 0 bridgehead atoms. The van der Waals surface area contributed by atoms with Crippen molar-refractivity contribution in [2.24, 2.45) is 5.92 Å². The normalized spacial score (nSPS) is 25.9. The van der Waals surface area contributed by atoms with E-state index in [-0.39, 0.29) is 0 Å². The Kier molecular flexibility index (Phi) is 3.90. The maximum absolute atomic E-state index is 5.54. The largest absolute Gasteiger partial charge is 0.381 e. The smallest absolute Gasteiger partial charge is 0.138 e. The van der Waals surface area contributed by atoms with Crippen molar-refractivity contribution in [3.05, 3.63) is 12.2 Å². The van der Waals surface area contributed by atoms with Gasteiger partial charge in [0, 0.05) is 31.5 Å². The molecule has 1 saturated heterocycles. The number of aromatic nitrogens is 3. The fourth-order valence-electron chi connectivity index (χ4n) is 2.32. The average Bonchev–Trinajstić information content (AvgIpc) is 2.77. The van der Waals surface area contributed by atoms with Gasteiger partial charge < -0.3 is 10.1 Å². The number of ether oxygens (including phenoxy) is 1. The van der Waals surface area contributed by atoms with E-state index in [1.165, 1.54) is 0 Å². The lowest BCUT2D eigenvalue weighted by Crippen LogP contribution is -2.42. The Balaban J connectivity index is 2.02. The fourth-order valence-corrected chi connectivity index (χ4v) is 2.32. The van der Waals surface area contributed by atoms with Crippen molar-refractivity contribution in [1.29, 1.82) is 0 Å². The summed E-state index contributed by atoms with van der Waals surface area (Å²) >= 11 is 0. The van der Waals surface area contributed by atoms with Crippen LogP contribution in [0.1, 0.15) is 19.2 Å². The van der Waals surface area contributed by atoms with Gasteiger partial charge in [-0.25, -0.2) is 4.98 Å². The zero-order chi connectivity index (χ0) is 11.4. The minimum Gasteiger partial charge on any atom is -0.381 e. The highest BCUT2D eigenvalue weighted by molar-refractivity contribution is 4.91. The van der Waals surface area contributed by atoms with E-state index in [0.29, 0.717) is 12.0 Å². The molecule has 2 atom stereocenters. The molecule has 1 aromatic rings. The number of aryl methyl sites for hydroxylation is 1. The summed E-state index contributed by atoms with van der Waals surface area (Å²) in [5, 5.41) is 7.56. The van der Waals surface area contributed by atoms with Crippen LogP contribution in [0.15, 0.2) is 6.33 Å². The Morgan fingerprint density at radius 3 is 3.25 bits per heavy atom. The molecular weight excluding hydrogens is 204 g/mol. The molecule has 1 fully saturated rings. The van der Waals surface area contributed by atoms with E-state index in [4.69, 9.17) is 4.74 Å². The molecule has 1 aliphatic heterocycles. The van der Waals surface area contributed by atoms with Crippen molar-refractivity contribution in [2.45, 2.75) is 32.4 Å². The van der Waals surface area contributed by atoms with E-state index < -0.39 is 0 Å². The van der Waals surface area contributed by atoms with Gasteiger partial charge in [-0.3, -0.25) is 4.68 Å². The van der Waals surface area contributed by atoms with Gasteiger partial charge in [-0.15, -0.1) is 0 Å². The van der Waals surface area contributed by atoms with Crippen molar-refractivity contribution in [3.63, 3.8) is 0 Å². The summed E-state index contributed by atoms with van der Waals surface area (Å²) in [7, 11) is 2.02. The zero-order valence-electron chi connectivity index (χ0n) is 10.0. The molecule has 5 heteroatoms. The molecule has 2 heterocycles. The lowest BCUT2D eigenvalue weighted by atomic mass is 9.92. The number of hydrogen-bond donors (Lipinski definition) is 1. The molecule has 0 aliphatic carbocycles. The van der Waals surface area contributed by atoms with Gasteiger partial charge in [0.2, 0.25) is 0 Å². The van der Waals surface area contributed by atoms with Crippen molar-refractivity contribution in [1.82, 2.24) is 20.1 Å². The van der Waals surface area contributed by atoms with Crippen LogP contribution in [0, 0.1) is 5.92 Å². The minimum atomic E-state index is 0.508. The average molecular weight is 224 g/mol. The summed E-state index contributed by atoms with van der Waals surface area (Å²) in [4.78, 5) is 4.32. The number of hydrogen-bond acceptors (Lipinski definition) is 4. The topological polar surface area (TPSA) is 52.0 Å². The number of rotatable bonds is 4. The first kappa shape index (κ1) is 11.5. The van der Waals surface area contributed by atoms with Gasteiger partial charge in [0.1, 0.15) is 12.2 Å². The lowest BCUT2D eigenvalue weighted by Gasteiger charge is -2.31. The summed E-state index contributed by atoms with van der Waals surface area (Å²) in [5.74, 6) is 1.58. The molecule has 2 rings (SSSR count). The Hall–Kier alpha value is -0.940. The van der Waals surface area contributed by atoms with Crippen molar-refractivity contribution in [2.75, 3.05) is 20.3 Å². The van der Waals surface area contributed by atoms with Crippen LogP contribution in [-0.4, -0.2) is 41.1 Å². The maximum Gasteiger partial charge on any atom is 0.138 e. The quantitative estimate of drug-likeness (QED) is 0.807. The first-order valence-corrected chi connectivity index (χ1v) is 5.96. The van der Waals surface area contributed by atoms with Gasteiger partial charge in [-0.2, -0.15) is 5.10 Å². The highest BCUT2D eigenvalue weighted by Crippen LogP contribution is 2.18. The van der Waals surface area contributed by atoms with E-state index in [2.05, 4.69) is 22.3 Å². The predicted molar refractivity (Wildman–Crippen MR) is 61.2 cm³/mol. The van der Waals surface area contributed by atoms with Crippen LogP contribution >= 0.6 is 0 Å². The molecule has 0 aromatic carbocycles. The number of nitrogens with zero attached hydrogens (tertiary/aromatic N) is 3. The molecule has 90 valence electrons. The maximum atomic E-state index is 5.54. The van der Waals surface area contributed by atoms with Crippen LogP contribution in [0.2, 0.25) is 0 Å². The minimum absolute atomic E-state index is 0.508. The van der Waals surface area contributed by atoms with Crippen molar-refractivity contribution in [3.8, 4) is 0 Å². The molecule has 0 spiro atoms.